The molecule has 3 amide bonds. The zero-order valence-electron chi connectivity index (χ0n) is 43.9. The number of hydrogen-bond donors (Lipinski definition) is 2. The van der Waals surface area contributed by atoms with Gasteiger partial charge in [-0.25, -0.2) is 15.4 Å². The van der Waals surface area contributed by atoms with Crippen LogP contribution >= 0.6 is 0 Å². The second-order valence-corrected chi connectivity index (χ2v) is 21.0. The highest BCUT2D eigenvalue weighted by Crippen LogP contribution is 2.42. The normalized spacial score (nSPS) is 20.9. The van der Waals surface area contributed by atoms with Crippen molar-refractivity contribution in [1.82, 2.24) is 30.2 Å². The molecular weight excluding hydrogens is 921 g/mol. The SMILES string of the molecule is CCn1c(-c2cccnc2[C@H](C)OC)c2c3cc(ccc31)-c1cccc(c1)C[C@H](NC(=O)C(C(C)C)N(C)C(=O)[C@H]1CC[C@H](N=C=NCc3ccccc3OC)C1)C(=O)N1CCC[C@H](N1)C(=O)OCC(C)(C)C2. The Balaban J connectivity index is 1.09. The Bertz CT molecular complexity index is 2890. The fourth-order valence-corrected chi connectivity index (χ4v) is 11.0. The van der Waals surface area contributed by atoms with Crippen molar-refractivity contribution in [3.63, 3.8) is 0 Å². The van der Waals surface area contributed by atoms with Crippen LogP contribution in [0.5, 0.6) is 5.75 Å². The van der Waals surface area contributed by atoms with Crippen molar-refractivity contribution < 1.29 is 33.4 Å². The van der Waals surface area contributed by atoms with Gasteiger partial charge in [-0.1, -0.05) is 76.2 Å². The number of aryl methyl sites for hydroxylation is 1. The van der Waals surface area contributed by atoms with Crippen molar-refractivity contribution in [2.75, 3.05) is 34.4 Å². The molecule has 1 aliphatic carbocycles. The summed E-state index contributed by atoms with van der Waals surface area (Å²) in [7, 11) is 4.99. The number of para-hydroxylation sites is 1. The third kappa shape index (κ3) is 11.7. The van der Waals surface area contributed by atoms with Gasteiger partial charge in [0.15, 0.2) is 0 Å². The number of carbonyl (C=O) groups is 4. The molecule has 3 aliphatic rings. The number of cyclic esters (lactones) is 1. The fraction of sp³-hybridized carbons (Fsp3) is 0.483. The first kappa shape index (κ1) is 52.6. The third-order valence-corrected chi connectivity index (χ3v) is 14.8. The minimum Gasteiger partial charge on any atom is -0.496 e. The average Bonchev–Trinajstić information content (AvgIpc) is 3.99. The van der Waals surface area contributed by atoms with Gasteiger partial charge in [0.1, 0.15) is 23.9 Å². The fourth-order valence-electron chi connectivity index (χ4n) is 11.0. The summed E-state index contributed by atoms with van der Waals surface area (Å²) in [6.07, 6.45) is 5.18. The topological polar surface area (TPSA) is 169 Å². The number of hydrazine groups is 1. The molecule has 1 unspecified atom stereocenters. The van der Waals surface area contributed by atoms with E-state index in [4.69, 9.17) is 19.2 Å². The molecule has 2 aliphatic heterocycles. The number of esters is 1. The van der Waals surface area contributed by atoms with Crippen molar-refractivity contribution in [2.45, 2.75) is 130 Å². The van der Waals surface area contributed by atoms with Gasteiger partial charge in [-0.3, -0.25) is 29.2 Å². The first-order valence-corrected chi connectivity index (χ1v) is 25.9. The van der Waals surface area contributed by atoms with Crippen LogP contribution in [-0.4, -0.2) is 108 Å². The highest BCUT2D eigenvalue weighted by atomic mass is 16.5. The number of amides is 3. The molecule has 15 nitrogen and oxygen atoms in total. The van der Waals surface area contributed by atoms with Crippen molar-refractivity contribution in [1.29, 1.82) is 0 Å². The molecule has 4 heterocycles. The quantitative estimate of drug-likeness (QED) is 0.0865. The molecule has 1 saturated heterocycles. The summed E-state index contributed by atoms with van der Waals surface area (Å²) >= 11 is 0. The van der Waals surface area contributed by atoms with E-state index in [9.17, 15) is 19.2 Å². The van der Waals surface area contributed by atoms with Crippen LogP contribution in [0, 0.1) is 17.3 Å². The number of ether oxygens (including phenoxy) is 3. The molecule has 386 valence electrons. The van der Waals surface area contributed by atoms with Crippen molar-refractivity contribution in [3.8, 4) is 28.1 Å². The highest BCUT2D eigenvalue weighted by molar-refractivity contribution is 5.96. The Hall–Kier alpha value is -6.67. The summed E-state index contributed by atoms with van der Waals surface area (Å²) in [6, 6.07) is 26.4. The second-order valence-electron chi connectivity index (χ2n) is 21.0. The summed E-state index contributed by atoms with van der Waals surface area (Å²) in [5.74, 6) is -1.26. The van der Waals surface area contributed by atoms with Crippen molar-refractivity contribution >= 4 is 40.6 Å². The Morgan fingerprint density at radius 1 is 1.00 bits per heavy atom. The van der Waals surface area contributed by atoms with E-state index >= 15 is 0 Å². The van der Waals surface area contributed by atoms with E-state index < -0.39 is 35.4 Å². The summed E-state index contributed by atoms with van der Waals surface area (Å²) in [5, 5.41) is 5.66. The standard InChI is InChI=1S/C58H72N8O7/c1-10-65-49-25-23-40-31-45(49)46(53(65)44-19-14-26-60-51(44)37(4)71-8)32-58(5,6)34-73-57(70)47-20-15-27-66(63-47)56(69)48(29-38-16-13-18-39(40)28-38)62-54(67)52(36(2)3)64(7)55(68)41-22-24-43(30-41)61-35-59-33-42-17-11-12-21-50(42)72-9/h11-14,16-19,21,23,25-26,28,31,36-37,41,43,47-48,52,63H,10,15,20,22,24,27,29-30,32-34H2,1-9H3,(H,62,67)/t37-,41-,43-,47-,48-,52?/m0/s1. The van der Waals surface area contributed by atoms with Gasteiger partial charge in [-0.2, -0.15) is 0 Å². The van der Waals surface area contributed by atoms with E-state index in [1.54, 1.807) is 32.4 Å². The largest absolute Gasteiger partial charge is 0.496 e. The van der Waals surface area contributed by atoms with E-state index in [1.807, 2.05) is 63.2 Å². The van der Waals surface area contributed by atoms with E-state index in [2.05, 4.69) is 88.5 Å². The number of nitrogens with one attached hydrogen (secondary N) is 2. The predicted octanol–water partition coefficient (Wildman–Crippen LogP) is 8.78. The third-order valence-electron chi connectivity index (χ3n) is 14.8. The molecular formula is C58H72N8O7. The number of rotatable bonds is 13. The zero-order valence-corrected chi connectivity index (χ0v) is 43.9. The van der Waals surface area contributed by atoms with Gasteiger partial charge >= 0.3 is 5.97 Å². The Morgan fingerprint density at radius 3 is 2.56 bits per heavy atom. The molecule has 0 spiro atoms. The van der Waals surface area contributed by atoms with Crippen LogP contribution in [0.2, 0.25) is 0 Å². The minimum atomic E-state index is -1.04. The number of pyridine rings is 1. The lowest BCUT2D eigenvalue weighted by Gasteiger charge is -2.37. The smallest absolute Gasteiger partial charge is 0.324 e. The molecule has 73 heavy (non-hydrogen) atoms. The molecule has 8 rings (SSSR count). The van der Waals surface area contributed by atoms with E-state index in [1.165, 1.54) is 5.01 Å². The Labute approximate surface area is 429 Å². The molecule has 2 N–H and O–H groups in total. The maximum atomic E-state index is 14.8. The van der Waals surface area contributed by atoms with Crippen LogP contribution in [0.3, 0.4) is 0 Å². The van der Waals surface area contributed by atoms with Crippen LogP contribution in [0.4, 0.5) is 0 Å². The monoisotopic (exact) mass is 993 g/mol. The van der Waals surface area contributed by atoms with E-state index in [-0.39, 0.29) is 48.8 Å². The zero-order chi connectivity index (χ0) is 52.0. The van der Waals surface area contributed by atoms with Gasteiger partial charge < -0.3 is 29.0 Å². The molecule has 6 atom stereocenters. The number of aromatic nitrogens is 2. The molecule has 6 bridgehead atoms. The first-order chi connectivity index (χ1) is 35.1. The number of nitrogens with zero attached hydrogens (tertiary/aromatic N) is 6. The van der Waals surface area contributed by atoms with Crippen molar-refractivity contribution in [2.24, 2.45) is 27.2 Å². The molecule has 0 radical (unpaired) electrons. The van der Waals surface area contributed by atoms with Gasteiger partial charge in [0.25, 0.3) is 5.91 Å². The van der Waals surface area contributed by atoms with E-state index in [0.717, 1.165) is 61.4 Å². The maximum Gasteiger partial charge on any atom is 0.324 e. The van der Waals surface area contributed by atoms with Gasteiger partial charge in [0.05, 0.1) is 49.8 Å². The number of aliphatic imine (C=N–C) groups is 2. The van der Waals surface area contributed by atoms with Crippen LogP contribution in [0.1, 0.15) is 102 Å². The number of hydrogen-bond acceptors (Lipinski definition) is 11. The molecule has 2 fully saturated rings. The summed E-state index contributed by atoms with van der Waals surface area (Å²) in [5.41, 5.74) is 11.5. The van der Waals surface area contributed by atoms with E-state index in [0.29, 0.717) is 58.2 Å². The number of benzene rings is 3. The average molecular weight is 993 g/mol. The summed E-state index contributed by atoms with van der Waals surface area (Å²) in [4.78, 5) is 73.1. The van der Waals surface area contributed by atoms with Crippen molar-refractivity contribution in [3.05, 3.63) is 107 Å². The minimum absolute atomic E-state index is 0.121. The van der Waals surface area contributed by atoms with Crippen LogP contribution in [0.15, 0.2) is 95.0 Å². The molecule has 15 heteroatoms. The first-order valence-electron chi connectivity index (χ1n) is 25.9. The lowest BCUT2D eigenvalue weighted by Crippen LogP contribution is -2.62. The highest BCUT2D eigenvalue weighted by Gasteiger charge is 2.40. The van der Waals surface area contributed by atoms with Gasteiger partial charge in [-0.15, -0.1) is 0 Å². The Kier molecular flexibility index (Phi) is 16.6. The van der Waals surface area contributed by atoms with Gasteiger partial charge in [0, 0.05) is 73.2 Å². The number of fused-ring (bicyclic) bond motifs is 6. The number of carbonyl (C=O) groups excluding carboxylic acids is 4. The molecule has 5 aromatic rings. The second kappa shape index (κ2) is 23.0. The summed E-state index contributed by atoms with van der Waals surface area (Å²) in [6.45, 7) is 13.7. The number of likely N-dealkylation sites (N-methyl/N-ethyl adjacent to an activating group) is 1. The van der Waals surface area contributed by atoms with Crippen LogP contribution < -0.4 is 15.5 Å². The van der Waals surface area contributed by atoms with Crippen LogP contribution in [0.25, 0.3) is 33.3 Å². The maximum absolute atomic E-state index is 14.8. The molecule has 3 aromatic carbocycles. The van der Waals surface area contributed by atoms with Gasteiger partial charge in [0.2, 0.25) is 11.8 Å². The lowest BCUT2D eigenvalue weighted by atomic mass is 9.84. The predicted molar refractivity (Wildman–Crippen MR) is 283 cm³/mol. The summed E-state index contributed by atoms with van der Waals surface area (Å²) < 4.78 is 19.8. The molecule has 2 aromatic heterocycles. The van der Waals surface area contributed by atoms with Gasteiger partial charge in [-0.05, 0) is 111 Å². The van der Waals surface area contributed by atoms with Crippen LogP contribution in [-0.2, 0) is 54.6 Å². The lowest BCUT2D eigenvalue weighted by molar-refractivity contribution is -0.155. The molecule has 1 saturated carbocycles. The Morgan fingerprint density at radius 2 is 1.79 bits per heavy atom. The number of methoxy groups -OCH3 is 2.